The van der Waals surface area contributed by atoms with E-state index in [0.29, 0.717) is 17.2 Å². The molecule has 0 saturated carbocycles. The lowest BCUT2D eigenvalue weighted by atomic mass is 10.0. The van der Waals surface area contributed by atoms with E-state index in [1.807, 2.05) is 19.1 Å². The second kappa shape index (κ2) is 6.09. The molecule has 3 nitrogen and oxygen atoms in total. The number of aryl methyl sites for hydroxylation is 1. The molecule has 2 rings (SSSR count). The van der Waals surface area contributed by atoms with E-state index in [1.165, 1.54) is 16.9 Å². The molecule has 4 heteroatoms. The Morgan fingerprint density at radius 1 is 1.30 bits per heavy atom. The first-order chi connectivity index (χ1) is 9.60. The molecule has 0 unspecified atom stereocenters. The molecule has 2 N–H and O–H groups in total. The zero-order valence-corrected chi connectivity index (χ0v) is 12.8. The van der Waals surface area contributed by atoms with Crippen LogP contribution in [0.15, 0.2) is 24.3 Å². The number of anilines is 1. The van der Waals surface area contributed by atoms with Crippen LogP contribution >= 0.6 is 11.3 Å². The first kappa shape index (κ1) is 14.6. The van der Waals surface area contributed by atoms with Gasteiger partial charge in [-0.25, -0.2) is 4.79 Å². The van der Waals surface area contributed by atoms with Gasteiger partial charge in [0.25, 0.3) is 0 Å². The van der Waals surface area contributed by atoms with Crippen molar-refractivity contribution < 1.29 is 9.53 Å². The van der Waals surface area contributed by atoms with Crippen LogP contribution in [0.2, 0.25) is 0 Å². The molecule has 20 heavy (non-hydrogen) atoms. The Balaban J connectivity index is 2.53. The number of ether oxygens (including phenoxy) is 1. The lowest BCUT2D eigenvalue weighted by Crippen LogP contribution is -2.05. The van der Waals surface area contributed by atoms with Crippen LogP contribution in [0.1, 0.15) is 34.6 Å². The monoisotopic (exact) mass is 289 g/mol. The Kier molecular flexibility index (Phi) is 4.45. The maximum Gasteiger partial charge on any atom is 0.350 e. The summed E-state index contributed by atoms with van der Waals surface area (Å²) in [4.78, 5) is 13.5. The van der Waals surface area contributed by atoms with Crippen molar-refractivity contribution >= 4 is 23.0 Å². The first-order valence-electron chi connectivity index (χ1n) is 6.74. The van der Waals surface area contributed by atoms with Crippen LogP contribution in [0, 0.1) is 6.92 Å². The Hall–Kier alpha value is -1.81. The van der Waals surface area contributed by atoms with E-state index in [0.717, 1.165) is 22.4 Å². The summed E-state index contributed by atoms with van der Waals surface area (Å²) >= 11 is 1.42. The standard InChI is InChI=1S/C16H19NO2S/c1-4-11-8-6-7-9-12(11)14-10(3)13(17)15(20-14)16(18)19-5-2/h6-9H,4-5,17H2,1-3H3. The molecule has 0 aliphatic rings. The van der Waals surface area contributed by atoms with Crippen LogP contribution in [-0.2, 0) is 11.2 Å². The molecule has 0 aliphatic carbocycles. The van der Waals surface area contributed by atoms with Gasteiger partial charge < -0.3 is 10.5 Å². The quantitative estimate of drug-likeness (QED) is 0.864. The molecular formula is C16H19NO2S. The average molecular weight is 289 g/mol. The van der Waals surface area contributed by atoms with E-state index in [9.17, 15) is 4.79 Å². The third-order valence-electron chi connectivity index (χ3n) is 3.30. The van der Waals surface area contributed by atoms with Gasteiger partial charge >= 0.3 is 5.97 Å². The highest BCUT2D eigenvalue weighted by molar-refractivity contribution is 7.18. The molecule has 106 valence electrons. The molecule has 2 aromatic rings. The predicted molar refractivity (Wildman–Crippen MR) is 84.2 cm³/mol. The molecular weight excluding hydrogens is 270 g/mol. The fraction of sp³-hybridized carbons (Fsp3) is 0.312. The summed E-state index contributed by atoms with van der Waals surface area (Å²) in [7, 11) is 0. The summed E-state index contributed by atoms with van der Waals surface area (Å²) in [6.07, 6.45) is 0.947. The van der Waals surface area contributed by atoms with Crippen LogP contribution in [-0.4, -0.2) is 12.6 Å². The molecule has 0 aliphatic heterocycles. The Bertz CT molecular complexity index is 631. The third kappa shape index (κ3) is 2.56. The van der Waals surface area contributed by atoms with E-state index < -0.39 is 0 Å². The third-order valence-corrected chi connectivity index (χ3v) is 4.62. The van der Waals surface area contributed by atoms with Gasteiger partial charge in [0.1, 0.15) is 4.88 Å². The Morgan fingerprint density at radius 2 is 2.00 bits per heavy atom. The van der Waals surface area contributed by atoms with Gasteiger partial charge in [0.15, 0.2) is 0 Å². The summed E-state index contributed by atoms with van der Waals surface area (Å²) in [5, 5.41) is 0. The van der Waals surface area contributed by atoms with Crippen LogP contribution in [0.25, 0.3) is 10.4 Å². The molecule has 0 bridgehead atoms. The van der Waals surface area contributed by atoms with Crippen LogP contribution < -0.4 is 5.73 Å². The molecule has 0 saturated heterocycles. The van der Waals surface area contributed by atoms with Crippen LogP contribution in [0.4, 0.5) is 5.69 Å². The van der Waals surface area contributed by atoms with Crippen LogP contribution in [0.3, 0.4) is 0 Å². The Labute approximate surface area is 123 Å². The van der Waals surface area contributed by atoms with Crippen molar-refractivity contribution in [3.8, 4) is 10.4 Å². The fourth-order valence-electron chi connectivity index (χ4n) is 2.18. The van der Waals surface area contributed by atoms with Crippen molar-refractivity contribution in [1.29, 1.82) is 0 Å². The summed E-state index contributed by atoms with van der Waals surface area (Å²) in [6.45, 7) is 6.23. The highest BCUT2D eigenvalue weighted by Crippen LogP contribution is 2.39. The number of carbonyl (C=O) groups excluding carboxylic acids is 1. The van der Waals surface area contributed by atoms with Crippen molar-refractivity contribution in [2.75, 3.05) is 12.3 Å². The molecule has 1 aromatic heterocycles. The topological polar surface area (TPSA) is 52.3 Å². The summed E-state index contributed by atoms with van der Waals surface area (Å²) < 4.78 is 5.06. The second-order valence-electron chi connectivity index (χ2n) is 4.53. The number of esters is 1. The number of nitrogen functional groups attached to an aromatic ring is 1. The van der Waals surface area contributed by atoms with E-state index in [1.54, 1.807) is 6.92 Å². The van der Waals surface area contributed by atoms with Gasteiger partial charge in [0.2, 0.25) is 0 Å². The van der Waals surface area contributed by atoms with E-state index in [-0.39, 0.29) is 5.97 Å². The number of rotatable bonds is 4. The SMILES string of the molecule is CCOC(=O)c1sc(-c2ccccc2CC)c(C)c1N. The largest absolute Gasteiger partial charge is 0.462 e. The zero-order valence-electron chi connectivity index (χ0n) is 12.0. The first-order valence-corrected chi connectivity index (χ1v) is 7.56. The maximum absolute atomic E-state index is 11.9. The minimum atomic E-state index is -0.335. The van der Waals surface area contributed by atoms with Gasteiger partial charge in [-0.05, 0) is 37.0 Å². The predicted octanol–water partition coefficient (Wildman–Crippen LogP) is 4.04. The molecule has 0 radical (unpaired) electrons. The summed E-state index contributed by atoms with van der Waals surface area (Å²) in [6, 6.07) is 8.22. The van der Waals surface area contributed by atoms with Gasteiger partial charge in [0.05, 0.1) is 12.3 Å². The zero-order chi connectivity index (χ0) is 14.7. The number of nitrogens with two attached hydrogens (primary N) is 1. The second-order valence-corrected chi connectivity index (χ2v) is 5.55. The molecule has 1 aromatic carbocycles. The lowest BCUT2D eigenvalue weighted by Gasteiger charge is -2.06. The van der Waals surface area contributed by atoms with Gasteiger partial charge in [-0.3, -0.25) is 0 Å². The highest BCUT2D eigenvalue weighted by atomic mass is 32.1. The summed E-state index contributed by atoms with van der Waals surface area (Å²) in [5.41, 5.74) is 9.98. The number of hydrogen-bond donors (Lipinski definition) is 1. The lowest BCUT2D eigenvalue weighted by molar-refractivity contribution is 0.0533. The normalized spacial score (nSPS) is 10.6. The van der Waals surface area contributed by atoms with Gasteiger partial charge in [-0.15, -0.1) is 11.3 Å². The van der Waals surface area contributed by atoms with Crippen molar-refractivity contribution in [2.24, 2.45) is 0 Å². The summed E-state index contributed by atoms with van der Waals surface area (Å²) in [5.74, 6) is -0.335. The number of carbonyl (C=O) groups is 1. The number of hydrogen-bond acceptors (Lipinski definition) is 4. The van der Waals surface area contributed by atoms with Gasteiger partial charge in [-0.1, -0.05) is 31.2 Å². The van der Waals surface area contributed by atoms with Crippen molar-refractivity contribution in [2.45, 2.75) is 27.2 Å². The molecule has 0 spiro atoms. The van der Waals surface area contributed by atoms with E-state index in [4.69, 9.17) is 10.5 Å². The number of thiophene rings is 1. The molecule has 0 atom stereocenters. The maximum atomic E-state index is 11.9. The van der Waals surface area contributed by atoms with E-state index >= 15 is 0 Å². The van der Waals surface area contributed by atoms with E-state index in [2.05, 4.69) is 19.1 Å². The molecule has 1 heterocycles. The van der Waals surface area contributed by atoms with Crippen molar-refractivity contribution in [3.05, 3.63) is 40.3 Å². The smallest absolute Gasteiger partial charge is 0.350 e. The fourth-order valence-corrected chi connectivity index (χ4v) is 3.36. The minimum Gasteiger partial charge on any atom is -0.462 e. The van der Waals surface area contributed by atoms with Gasteiger partial charge in [-0.2, -0.15) is 0 Å². The minimum absolute atomic E-state index is 0.335. The van der Waals surface area contributed by atoms with Gasteiger partial charge in [0, 0.05) is 4.88 Å². The highest BCUT2D eigenvalue weighted by Gasteiger charge is 2.21. The average Bonchev–Trinajstić information content (AvgIpc) is 2.75. The number of benzene rings is 1. The van der Waals surface area contributed by atoms with Crippen molar-refractivity contribution in [1.82, 2.24) is 0 Å². The Morgan fingerprint density at radius 3 is 2.65 bits per heavy atom. The van der Waals surface area contributed by atoms with Crippen molar-refractivity contribution in [3.63, 3.8) is 0 Å². The molecule has 0 amide bonds. The molecule has 0 fully saturated rings. The van der Waals surface area contributed by atoms with Crippen LogP contribution in [0.5, 0.6) is 0 Å².